The maximum absolute atomic E-state index is 13.5. The van der Waals surface area contributed by atoms with E-state index in [1.54, 1.807) is 6.07 Å². The average Bonchev–Trinajstić information content (AvgIpc) is 2.39. The van der Waals surface area contributed by atoms with Crippen LogP contribution < -0.4 is 4.74 Å². The molecule has 104 valence electrons. The van der Waals surface area contributed by atoms with Gasteiger partial charge in [-0.2, -0.15) is 0 Å². The van der Waals surface area contributed by atoms with E-state index in [9.17, 15) is 9.18 Å². The van der Waals surface area contributed by atoms with E-state index in [2.05, 4.69) is 0 Å². The van der Waals surface area contributed by atoms with Crippen molar-refractivity contribution in [2.45, 2.75) is 6.61 Å². The molecule has 0 unspecified atom stereocenters. The molecule has 0 amide bonds. The number of carbonyl (C=O) groups is 1. The summed E-state index contributed by atoms with van der Waals surface area (Å²) < 4.78 is 18.9. The summed E-state index contributed by atoms with van der Waals surface area (Å²) in [7, 11) is 0. The third-order valence-corrected chi connectivity index (χ3v) is 3.14. The standard InChI is InChI=1S/C14H9Cl2FO3/c15-9-2-1-8(13(17)5-9)7-20-10-3-4-12(16)11(6-10)14(18)19/h1-6H,7H2,(H,18,19). The average molecular weight is 315 g/mol. The maximum atomic E-state index is 13.5. The summed E-state index contributed by atoms with van der Waals surface area (Å²) >= 11 is 11.4. The summed E-state index contributed by atoms with van der Waals surface area (Å²) in [4.78, 5) is 10.9. The van der Waals surface area contributed by atoms with E-state index in [0.29, 0.717) is 16.3 Å². The number of hydrogen-bond acceptors (Lipinski definition) is 2. The molecule has 0 spiro atoms. The van der Waals surface area contributed by atoms with Crippen molar-refractivity contribution in [3.05, 3.63) is 63.4 Å². The highest BCUT2D eigenvalue weighted by Gasteiger charge is 2.10. The fraction of sp³-hybridized carbons (Fsp3) is 0.0714. The molecular formula is C14H9Cl2FO3. The molecule has 0 aliphatic carbocycles. The summed E-state index contributed by atoms with van der Waals surface area (Å²) in [6.07, 6.45) is 0. The van der Waals surface area contributed by atoms with E-state index in [1.165, 1.54) is 30.3 Å². The molecule has 0 saturated heterocycles. The Hall–Kier alpha value is -1.78. The maximum Gasteiger partial charge on any atom is 0.337 e. The molecule has 0 atom stereocenters. The van der Waals surface area contributed by atoms with Gasteiger partial charge in [-0.25, -0.2) is 9.18 Å². The van der Waals surface area contributed by atoms with Crippen molar-refractivity contribution in [3.8, 4) is 5.75 Å². The quantitative estimate of drug-likeness (QED) is 0.909. The number of rotatable bonds is 4. The molecule has 0 radical (unpaired) electrons. The van der Waals surface area contributed by atoms with Crippen LogP contribution in [0.25, 0.3) is 0 Å². The van der Waals surface area contributed by atoms with Gasteiger partial charge in [0.15, 0.2) is 0 Å². The first-order valence-corrected chi connectivity index (χ1v) is 6.32. The van der Waals surface area contributed by atoms with Crippen molar-refractivity contribution in [2.75, 3.05) is 0 Å². The van der Waals surface area contributed by atoms with Crippen LogP contribution in [0, 0.1) is 5.82 Å². The van der Waals surface area contributed by atoms with Crippen molar-refractivity contribution < 1.29 is 19.0 Å². The second-order valence-electron chi connectivity index (χ2n) is 3.97. The molecule has 20 heavy (non-hydrogen) atoms. The van der Waals surface area contributed by atoms with E-state index in [1.807, 2.05) is 0 Å². The monoisotopic (exact) mass is 314 g/mol. The van der Waals surface area contributed by atoms with Gasteiger partial charge in [0.1, 0.15) is 18.2 Å². The molecule has 0 saturated carbocycles. The lowest BCUT2D eigenvalue weighted by Gasteiger charge is -2.09. The van der Waals surface area contributed by atoms with Crippen LogP contribution in [-0.2, 0) is 6.61 Å². The molecule has 1 N–H and O–H groups in total. The summed E-state index contributed by atoms with van der Waals surface area (Å²) in [6, 6.07) is 8.46. The molecular weight excluding hydrogens is 306 g/mol. The lowest BCUT2D eigenvalue weighted by Crippen LogP contribution is -2.01. The van der Waals surface area contributed by atoms with Crippen LogP contribution in [0.2, 0.25) is 10.0 Å². The van der Waals surface area contributed by atoms with Gasteiger partial charge < -0.3 is 9.84 Å². The predicted molar refractivity (Wildman–Crippen MR) is 74.2 cm³/mol. The van der Waals surface area contributed by atoms with Crippen LogP contribution in [0.4, 0.5) is 4.39 Å². The van der Waals surface area contributed by atoms with E-state index >= 15 is 0 Å². The topological polar surface area (TPSA) is 46.5 Å². The molecule has 0 aliphatic rings. The predicted octanol–water partition coefficient (Wildman–Crippen LogP) is 4.41. The molecule has 6 heteroatoms. The van der Waals surface area contributed by atoms with Crippen LogP contribution in [0.5, 0.6) is 5.75 Å². The van der Waals surface area contributed by atoms with Crippen molar-refractivity contribution in [1.29, 1.82) is 0 Å². The SMILES string of the molecule is O=C(O)c1cc(OCc2ccc(Cl)cc2F)ccc1Cl. The summed E-state index contributed by atoms with van der Waals surface area (Å²) in [6.45, 7) is -0.0380. The van der Waals surface area contributed by atoms with Gasteiger partial charge in [-0.05, 0) is 30.3 Å². The summed E-state index contributed by atoms with van der Waals surface area (Å²) in [5, 5.41) is 9.35. The molecule has 2 aromatic rings. The van der Waals surface area contributed by atoms with E-state index in [-0.39, 0.29) is 17.2 Å². The molecule has 0 fully saturated rings. The van der Waals surface area contributed by atoms with Crippen molar-refractivity contribution in [3.63, 3.8) is 0 Å². The molecule has 0 aromatic heterocycles. The molecule has 3 nitrogen and oxygen atoms in total. The normalized spacial score (nSPS) is 10.3. The summed E-state index contributed by atoms with van der Waals surface area (Å²) in [5.74, 6) is -1.34. The second kappa shape index (κ2) is 6.11. The Morgan fingerprint density at radius 3 is 2.60 bits per heavy atom. The largest absolute Gasteiger partial charge is 0.489 e. The van der Waals surface area contributed by atoms with Crippen molar-refractivity contribution in [2.24, 2.45) is 0 Å². The third-order valence-electron chi connectivity index (χ3n) is 2.58. The van der Waals surface area contributed by atoms with Crippen LogP contribution in [0.15, 0.2) is 36.4 Å². The van der Waals surface area contributed by atoms with Gasteiger partial charge in [0.05, 0.1) is 10.6 Å². The molecule has 0 bridgehead atoms. The number of ether oxygens (including phenoxy) is 1. The van der Waals surface area contributed by atoms with Gasteiger partial charge >= 0.3 is 5.97 Å². The fourth-order valence-electron chi connectivity index (χ4n) is 1.56. The number of halogens is 3. The van der Waals surface area contributed by atoms with E-state index in [0.717, 1.165) is 0 Å². The number of carboxylic acids is 1. The minimum absolute atomic E-state index is 0.0380. The molecule has 0 heterocycles. The van der Waals surface area contributed by atoms with Gasteiger partial charge in [-0.3, -0.25) is 0 Å². The first kappa shape index (κ1) is 14.6. The number of carboxylic acid groups (broad SMARTS) is 1. The molecule has 2 aromatic carbocycles. The Morgan fingerprint density at radius 2 is 1.95 bits per heavy atom. The van der Waals surface area contributed by atoms with Gasteiger partial charge in [0, 0.05) is 10.6 Å². The zero-order chi connectivity index (χ0) is 14.7. The number of aromatic carboxylic acids is 1. The van der Waals surface area contributed by atoms with E-state index < -0.39 is 11.8 Å². The number of hydrogen-bond donors (Lipinski definition) is 1. The highest BCUT2D eigenvalue weighted by molar-refractivity contribution is 6.33. The van der Waals surface area contributed by atoms with Gasteiger partial charge in [-0.1, -0.05) is 29.3 Å². The zero-order valence-electron chi connectivity index (χ0n) is 10.1. The first-order chi connectivity index (χ1) is 9.47. The Morgan fingerprint density at radius 1 is 1.20 bits per heavy atom. The minimum Gasteiger partial charge on any atom is -0.489 e. The van der Waals surface area contributed by atoms with Gasteiger partial charge in [-0.15, -0.1) is 0 Å². The smallest absolute Gasteiger partial charge is 0.337 e. The molecule has 0 aliphatic heterocycles. The van der Waals surface area contributed by atoms with Gasteiger partial charge in [0.2, 0.25) is 0 Å². The molecule has 2 rings (SSSR count). The van der Waals surface area contributed by atoms with Crippen LogP contribution >= 0.6 is 23.2 Å². The Labute approximate surface area is 124 Å². The van der Waals surface area contributed by atoms with Crippen molar-refractivity contribution >= 4 is 29.2 Å². The number of benzene rings is 2. The van der Waals surface area contributed by atoms with Crippen molar-refractivity contribution in [1.82, 2.24) is 0 Å². The van der Waals surface area contributed by atoms with Crippen LogP contribution in [-0.4, -0.2) is 11.1 Å². The highest BCUT2D eigenvalue weighted by atomic mass is 35.5. The first-order valence-electron chi connectivity index (χ1n) is 5.57. The Bertz CT molecular complexity index is 659. The Kier molecular flexibility index (Phi) is 4.47. The van der Waals surface area contributed by atoms with Crippen LogP contribution in [0.3, 0.4) is 0 Å². The Balaban J connectivity index is 2.15. The van der Waals surface area contributed by atoms with Gasteiger partial charge in [0.25, 0.3) is 0 Å². The highest BCUT2D eigenvalue weighted by Crippen LogP contribution is 2.23. The fourth-order valence-corrected chi connectivity index (χ4v) is 1.92. The third kappa shape index (κ3) is 3.40. The zero-order valence-corrected chi connectivity index (χ0v) is 11.6. The summed E-state index contributed by atoms with van der Waals surface area (Å²) in [5.41, 5.74) is 0.252. The second-order valence-corrected chi connectivity index (χ2v) is 4.81. The lowest BCUT2D eigenvalue weighted by molar-refractivity contribution is 0.0696. The van der Waals surface area contributed by atoms with E-state index in [4.69, 9.17) is 33.0 Å². The van der Waals surface area contributed by atoms with Crippen LogP contribution in [0.1, 0.15) is 15.9 Å². The minimum atomic E-state index is -1.15. The lowest BCUT2D eigenvalue weighted by atomic mass is 10.2.